The van der Waals surface area contributed by atoms with Crippen molar-refractivity contribution in [1.82, 2.24) is 9.55 Å². The Morgan fingerprint density at radius 1 is 1.31 bits per heavy atom. The second kappa shape index (κ2) is 8.12. The van der Waals surface area contributed by atoms with Crippen LogP contribution < -0.4 is 5.73 Å². The lowest BCUT2D eigenvalue weighted by Gasteiger charge is -2.09. The predicted octanol–water partition coefficient (Wildman–Crippen LogP) is 4.27. The molecule has 2 rings (SSSR count). The van der Waals surface area contributed by atoms with Crippen LogP contribution in [-0.2, 0) is 11.3 Å². The Labute approximate surface area is 165 Å². The van der Waals surface area contributed by atoms with Gasteiger partial charge in [0.25, 0.3) is 0 Å². The third-order valence-corrected chi connectivity index (χ3v) is 4.92. The number of allylic oxidation sites excluding steroid dienone is 1. The van der Waals surface area contributed by atoms with E-state index >= 15 is 0 Å². The fraction of sp³-hybridized carbons (Fsp3) is 0.235. The number of rotatable bonds is 6. The Balaban J connectivity index is 2.17. The van der Waals surface area contributed by atoms with Gasteiger partial charge in [0, 0.05) is 23.5 Å². The quantitative estimate of drug-likeness (QED) is 0.329. The second-order valence-corrected chi connectivity index (χ2v) is 6.59. The molecule has 0 aromatic carbocycles. The van der Waals surface area contributed by atoms with E-state index in [2.05, 4.69) is 11.6 Å². The first-order valence-corrected chi connectivity index (χ1v) is 8.60. The number of hydrogen-bond donors (Lipinski definition) is 1. The molecule has 0 atom stereocenters. The van der Waals surface area contributed by atoms with Crippen LogP contribution >= 0.6 is 34.8 Å². The van der Waals surface area contributed by atoms with E-state index < -0.39 is 12.6 Å². The Morgan fingerprint density at radius 2 is 1.96 bits per heavy atom. The highest BCUT2D eigenvalue weighted by molar-refractivity contribution is 6.46. The van der Waals surface area contributed by atoms with Crippen molar-refractivity contribution in [3.05, 3.63) is 56.6 Å². The molecule has 9 heteroatoms. The third-order valence-electron chi connectivity index (χ3n) is 3.79. The maximum Gasteiger partial charge on any atom is 0.359 e. The number of nitrogens with two attached hydrogens (primary N) is 1. The topological polar surface area (TPSA) is 87.2 Å². The van der Waals surface area contributed by atoms with Crippen LogP contribution in [0.1, 0.15) is 32.2 Å². The first kappa shape index (κ1) is 20.3. The third kappa shape index (κ3) is 3.87. The number of ether oxygens (including phenoxy) is 1. The summed E-state index contributed by atoms with van der Waals surface area (Å²) in [7, 11) is 0. The molecule has 0 aliphatic rings. The van der Waals surface area contributed by atoms with Crippen LogP contribution in [0.2, 0.25) is 15.2 Å². The number of Topliss-reactive ketones (excluding diaryl/α,β-unsaturated/α-hetero) is 1. The molecule has 0 aliphatic heterocycles. The maximum absolute atomic E-state index is 12.4. The Bertz CT molecular complexity index is 907. The number of hydrogen-bond acceptors (Lipinski definition) is 5. The van der Waals surface area contributed by atoms with Crippen LogP contribution in [-0.4, -0.2) is 27.9 Å². The van der Waals surface area contributed by atoms with Gasteiger partial charge in [-0.2, -0.15) is 0 Å². The van der Waals surface area contributed by atoms with Gasteiger partial charge in [-0.25, -0.2) is 9.78 Å². The number of aromatic nitrogens is 2. The number of anilines is 1. The minimum Gasteiger partial charge on any atom is -0.453 e. The number of pyridine rings is 1. The number of halogens is 3. The average molecular weight is 417 g/mol. The number of ketones is 1. The Morgan fingerprint density at radius 3 is 2.58 bits per heavy atom. The molecule has 6 nitrogen and oxygen atoms in total. The van der Waals surface area contributed by atoms with E-state index in [0.717, 1.165) is 11.4 Å². The summed E-state index contributed by atoms with van der Waals surface area (Å²) in [5, 5.41) is -0.417. The van der Waals surface area contributed by atoms with Gasteiger partial charge in [-0.05, 0) is 19.9 Å². The first-order chi connectivity index (χ1) is 12.2. The summed E-state index contributed by atoms with van der Waals surface area (Å²) in [6.07, 6.45) is 1.73. The van der Waals surface area contributed by atoms with Crippen LogP contribution in [0.15, 0.2) is 18.7 Å². The monoisotopic (exact) mass is 415 g/mol. The molecule has 0 bridgehead atoms. The van der Waals surface area contributed by atoms with Crippen LogP contribution in [0.4, 0.5) is 5.69 Å². The van der Waals surface area contributed by atoms with Crippen molar-refractivity contribution in [2.24, 2.45) is 0 Å². The summed E-state index contributed by atoms with van der Waals surface area (Å²) < 4.78 is 6.95. The van der Waals surface area contributed by atoms with Gasteiger partial charge in [0.2, 0.25) is 5.78 Å². The molecule has 0 amide bonds. The molecule has 0 fully saturated rings. The molecular weight excluding hydrogens is 401 g/mol. The minimum atomic E-state index is -0.923. The van der Waals surface area contributed by atoms with Gasteiger partial charge in [0.15, 0.2) is 17.5 Å². The van der Waals surface area contributed by atoms with Crippen molar-refractivity contribution >= 4 is 52.2 Å². The zero-order valence-corrected chi connectivity index (χ0v) is 16.4. The van der Waals surface area contributed by atoms with E-state index in [1.54, 1.807) is 12.1 Å². The van der Waals surface area contributed by atoms with Crippen molar-refractivity contribution in [3.63, 3.8) is 0 Å². The summed E-state index contributed by atoms with van der Waals surface area (Å²) in [5.41, 5.74) is 7.40. The standard InChI is InChI=1S/C17H16Cl3N3O3/c1-4-5-23-8(2)6-10(9(23)3)11(24)7-26-17(25)15-12(18)14(21)13(19)16(20)22-15/h4,6H,1,5,7H2,2-3H3,(H2,21,22). The van der Waals surface area contributed by atoms with Crippen molar-refractivity contribution in [3.8, 4) is 0 Å². The van der Waals surface area contributed by atoms with E-state index in [0.29, 0.717) is 12.1 Å². The Hall–Kier alpha value is -2.02. The number of nitrogen functional groups attached to an aromatic ring is 1. The van der Waals surface area contributed by atoms with Gasteiger partial charge < -0.3 is 15.0 Å². The SMILES string of the molecule is C=CCn1c(C)cc(C(=O)COC(=O)c2nc(Cl)c(Cl)c(N)c2Cl)c1C. The fourth-order valence-electron chi connectivity index (χ4n) is 2.44. The molecule has 0 saturated heterocycles. The number of esters is 1. The maximum atomic E-state index is 12.4. The molecule has 0 unspecified atom stereocenters. The second-order valence-electron chi connectivity index (χ2n) is 5.48. The molecule has 0 aliphatic carbocycles. The number of carbonyl (C=O) groups is 2. The van der Waals surface area contributed by atoms with Gasteiger partial charge in [-0.15, -0.1) is 6.58 Å². The van der Waals surface area contributed by atoms with Crippen molar-refractivity contribution < 1.29 is 14.3 Å². The molecule has 0 radical (unpaired) electrons. The molecule has 2 aromatic heterocycles. The minimum absolute atomic E-state index is 0.0565. The number of carbonyl (C=O) groups excluding carboxylic acids is 2. The van der Waals surface area contributed by atoms with E-state index in [-0.39, 0.29) is 32.4 Å². The summed E-state index contributed by atoms with van der Waals surface area (Å²) in [5.74, 6) is -1.28. The smallest absolute Gasteiger partial charge is 0.359 e. The average Bonchev–Trinajstić information content (AvgIpc) is 2.89. The zero-order valence-electron chi connectivity index (χ0n) is 14.1. The van der Waals surface area contributed by atoms with Crippen LogP contribution in [0.25, 0.3) is 0 Å². The molecule has 138 valence electrons. The molecule has 2 N–H and O–H groups in total. The van der Waals surface area contributed by atoms with Gasteiger partial charge in [-0.1, -0.05) is 40.9 Å². The molecule has 2 heterocycles. The van der Waals surface area contributed by atoms with E-state index in [1.165, 1.54) is 0 Å². The molecule has 2 aromatic rings. The molecule has 0 spiro atoms. The van der Waals surface area contributed by atoms with E-state index in [4.69, 9.17) is 45.3 Å². The lowest BCUT2D eigenvalue weighted by Crippen LogP contribution is -2.17. The van der Waals surface area contributed by atoms with Crippen LogP contribution in [0, 0.1) is 13.8 Å². The lowest BCUT2D eigenvalue weighted by atomic mass is 10.1. The van der Waals surface area contributed by atoms with Crippen LogP contribution in [0.5, 0.6) is 0 Å². The van der Waals surface area contributed by atoms with Crippen molar-refractivity contribution in [2.45, 2.75) is 20.4 Å². The summed E-state index contributed by atoms with van der Waals surface area (Å²) in [4.78, 5) is 28.3. The van der Waals surface area contributed by atoms with Crippen LogP contribution in [0.3, 0.4) is 0 Å². The van der Waals surface area contributed by atoms with Gasteiger partial charge in [0.05, 0.1) is 10.7 Å². The van der Waals surface area contributed by atoms with Crippen molar-refractivity contribution in [2.75, 3.05) is 12.3 Å². The first-order valence-electron chi connectivity index (χ1n) is 7.46. The lowest BCUT2D eigenvalue weighted by molar-refractivity contribution is 0.0469. The van der Waals surface area contributed by atoms with Crippen molar-refractivity contribution in [1.29, 1.82) is 0 Å². The largest absolute Gasteiger partial charge is 0.453 e. The molecule has 0 saturated carbocycles. The highest BCUT2D eigenvalue weighted by atomic mass is 35.5. The molecular formula is C17H16Cl3N3O3. The van der Waals surface area contributed by atoms with E-state index in [1.807, 2.05) is 18.4 Å². The van der Waals surface area contributed by atoms with Gasteiger partial charge >= 0.3 is 5.97 Å². The highest BCUT2D eigenvalue weighted by Gasteiger charge is 2.23. The Kier molecular flexibility index (Phi) is 6.34. The van der Waals surface area contributed by atoms with Gasteiger partial charge in [0.1, 0.15) is 5.02 Å². The zero-order chi connectivity index (χ0) is 19.6. The normalized spacial score (nSPS) is 10.7. The molecule has 26 heavy (non-hydrogen) atoms. The number of nitrogens with zero attached hydrogens (tertiary/aromatic N) is 2. The summed E-state index contributed by atoms with van der Waals surface area (Å²) in [6.45, 7) is 7.47. The predicted molar refractivity (Wildman–Crippen MR) is 102 cm³/mol. The number of aryl methyl sites for hydroxylation is 1. The highest BCUT2D eigenvalue weighted by Crippen LogP contribution is 2.34. The summed E-state index contributed by atoms with van der Waals surface area (Å²) >= 11 is 17.6. The van der Waals surface area contributed by atoms with E-state index in [9.17, 15) is 9.59 Å². The van der Waals surface area contributed by atoms with Gasteiger partial charge in [-0.3, -0.25) is 4.79 Å². The summed E-state index contributed by atoms with van der Waals surface area (Å²) in [6, 6.07) is 1.73. The fourth-order valence-corrected chi connectivity index (χ4v) is 3.02.